The average molecular weight is 338 g/mol. The van der Waals surface area contributed by atoms with Gasteiger partial charge >= 0.3 is 0 Å². The zero-order valence-electron chi connectivity index (χ0n) is 13.0. The van der Waals surface area contributed by atoms with Crippen molar-refractivity contribution in [2.45, 2.75) is 32.2 Å². The smallest absolute Gasteiger partial charge is 0.295 e. The Morgan fingerprint density at radius 3 is 2.91 bits per heavy atom. The zero-order chi connectivity index (χ0) is 16.4. The highest BCUT2D eigenvalue weighted by molar-refractivity contribution is 6.31. The largest absolute Gasteiger partial charge is 0.423 e. The van der Waals surface area contributed by atoms with Crippen molar-refractivity contribution >= 4 is 34.6 Å². The minimum absolute atomic E-state index is 0.111. The van der Waals surface area contributed by atoms with E-state index in [0.29, 0.717) is 41.3 Å². The molecule has 0 saturated carbocycles. The van der Waals surface area contributed by atoms with E-state index in [0.717, 1.165) is 18.4 Å². The molecule has 1 aliphatic heterocycles. The first-order valence-corrected chi connectivity index (χ1v) is 8.10. The second-order valence-electron chi connectivity index (χ2n) is 5.96. The molecule has 0 spiro atoms. The molecule has 2 aromatic rings. The third-order valence-corrected chi connectivity index (χ3v) is 4.42. The van der Waals surface area contributed by atoms with Crippen molar-refractivity contribution in [1.29, 1.82) is 0 Å². The van der Waals surface area contributed by atoms with Crippen molar-refractivity contribution in [1.82, 2.24) is 4.98 Å². The molecular weight excluding hydrogens is 318 g/mol. The number of halogens is 1. The number of carbonyl (C=O) groups is 1. The van der Waals surface area contributed by atoms with Crippen LogP contribution in [0.2, 0.25) is 5.02 Å². The maximum absolute atomic E-state index is 11.4. The summed E-state index contributed by atoms with van der Waals surface area (Å²) in [7, 11) is 0. The molecule has 0 bridgehead atoms. The van der Waals surface area contributed by atoms with E-state index in [1.54, 1.807) is 6.07 Å². The predicted molar refractivity (Wildman–Crippen MR) is 88.5 cm³/mol. The third kappa shape index (κ3) is 3.76. The fourth-order valence-electron chi connectivity index (χ4n) is 3.05. The molecular formula is C16H20ClN3O3. The van der Waals surface area contributed by atoms with Crippen LogP contribution in [0.15, 0.2) is 16.5 Å². The van der Waals surface area contributed by atoms with Gasteiger partial charge < -0.3 is 20.2 Å². The van der Waals surface area contributed by atoms with Crippen LogP contribution in [0.4, 0.5) is 6.01 Å². The normalized spacial score (nSPS) is 17.3. The second kappa shape index (κ2) is 6.76. The number of oxazole rings is 1. The number of nitrogens with one attached hydrogen (secondary N) is 1. The van der Waals surface area contributed by atoms with E-state index < -0.39 is 0 Å². The molecule has 1 amide bonds. The number of fused-ring (bicyclic) bond motifs is 1. The first kappa shape index (κ1) is 16.1. The predicted octanol–water partition coefficient (Wildman–Crippen LogP) is 2.87. The Hall–Kier alpha value is -1.79. The number of aryl methyl sites for hydroxylation is 1. The number of primary amides is 1. The maximum Gasteiger partial charge on any atom is 0.295 e. The van der Waals surface area contributed by atoms with Gasteiger partial charge in [0.05, 0.1) is 0 Å². The van der Waals surface area contributed by atoms with Gasteiger partial charge in [-0.3, -0.25) is 4.79 Å². The highest BCUT2D eigenvalue weighted by Crippen LogP contribution is 2.29. The van der Waals surface area contributed by atoms with E-state index in [9.17, 15) is 4.79 Å². The first-order valence-electron chi connectivity index (χ1n) is 7.72. The van der Waals surface area contributed by atoms with Crippen molar-refractivity contribution in [3.63, 3.8) is 0 Å². The average Bonchev–Trinajstić information content (AvgIpc) is 2.90. The Morgan fingerprint density at radius 1 is 1.48 bits per heavy atom. The van der Waals surface area contributed by atoms with Gasteiger partial charge in [-0.15, -0.1) is 0 Å². The Kier molecular flexibility index (Phi) is 4.73. The van der Waals surface area contributed by atoms with Gasteiger partial charge in [-0.1, -0.05) is 11.6 Å². The van der Waals surface area contributed by atoms with Crippen molar-refractivity contribution in [2.24, 2.45) is 11.7 Å². The fraction of sp³-hybridized carbons (Fsp3) is 0.500. The summed E-state index contributed by atoms with van der Waals surface area (Å²) in [6.07, 6.45) is 2.01. The van der Waals surface area contributed by atoms with Gasteiger partial charge in [-0.2, -0.15) is 4.98 Å². The monoisotopic (exact) mass is 337 g/mol. The van der Waals surface area contributed by atoms with Crippen molar-refractivity contribution < 1.29 is 13.9 Å². The molecule has 3 rings (SSSR count). The summed E-state index contributed by atoms with van der Waals surface area (Å²) in [4.78, 5) is 15.8. The number of nitrogens with zero attached hydrogens (tertiary/aromatic N) is 1. The minimum atomic E-state index is -0.343. The summed E-state index contributed by atoms with van der Waals surface area (Å²) < 4.78 is 11.2. The maximum atomic E-state index is 11.4. The molecule has 0 aliphatic carbocycles. The first-order chi connectivity index (χ1) is 11.0. The summed E-state index contributed by atoms with van der Waals surface area (Å²) in [5.74, 6) is -0.0414. The van der Waals surface area contributed by atoms with E-state index in [1.165, 1.54) is 0 Å². The molecule has 1 atom stereocenters. The Balaban J connectivity index is 1.83. The van der Waals surface area contributed by atoms with Crippen LogP contribution in [0, 0.1) is 12.8 Å². The lowest BCUT2D eigenvalue weighted by molar-refractivity contribution is -0.118. The van der Waals surface area contributed by atoms with E-state index in [4.69, 9.17) is 26.5 Å². The lowest BCUT2D eigenvalue weighted by atomic mass is 9.89. The molecule has 7 heteroatoms. The zero-order valence-corrected chi connectivity index (χ0v) is 13.7. The van der Waals surface area contributed by atoms with Crippen LogP contribution < -0.4 is 11.1 Å². The van der Waals surface area contributed by atoms with Crippen LogP contribution in [0.25, 0.3) is 11.1 Å². The summed E-state index contributed by atoms with van der Waals surface area (Å²) in [6.45, 7) is 3.32. The molecule has 1 fully saturated rings. The highest BCUT2D eigenvalue weighted by Gasteiger charge is 2.27. The van der Waals surface area contributed by atoms with E-state index in [2.05, 4.69) is 10.3 Å². The number of hydrogen-bond acceptors (Lipinski definition) is 5. The van der Waals surface area contributed by atoms with Crippen LogP contribution in [-0.2, 0) is 9.53 Å². The second-order valence-corrected chi connectivity index (χ2v) is 6.40. The summed E-state index contributed by atoms with van der Waals surface area (Å²) in [5.41, 5.74) is 7.71. The minimum Gasteiger partial charge on any atom is -0.423 e. The van der Waals surface area contributed by atoms with Gasteiger partial charge in [0.2, 0.25) is 5.91 Å². The molecule has 6 nitrogen and oxygen atoms in total. The van der Waals surface area contributed by atoms with Crippen LogP contribution in [0.5, 0.6) is 0 Å². The Bertz CT molecular complexity index is 710. The number of carbonyl (C=O) groups excluding carboxylic acids is 1. The molecule has 23 heavy (non-hydrogen) atoms. The fourth-order valence-corrected chi connectivity index (χ4v) is 3.31. The van der Waals surface area contributed by atoms with Gasteiger partial charge in [0.1, 0.15) is 5.52 Å². The number of nitrogens with two attached hydrogens (primary N) is 1. The molecule has 3 N–H and O–H groups in total. The van der Waals surface area contributed by atoms with Crippen molar-refractivity contribution in [3.05, 3.63) is 22.7 Å². The summed E-state index contributed by atoms with van der Waals surface area (Å²) >= 11 is 6.05. The summed E-state index contributed by atoms with van der Waals surface area (Å²) in [6, 6.07) is 3.87. The topological polar surface area (TPSA) is 90.4 Å². The number of rotatable bonds is 5. The van der Waals surface area contributed by atoms with Gasteiger partial charge in [0.25, 0.3) is 6.01 Å². The van der Waals surface area contributed by atoms with Gasteiger partial charge in [-0.25, -0.2) is 0 Å². The number of anilines is 1. The standard InChI is InChI=1S/C16H20ClN3O3/c1-9-6-11(17)7-13-15(9)23-16(20-13)19-12(8-14(18)21)10-2-4-22-5-3-10/h6-7,10,12H,2-5,8H2,1H3,(H2,18,21)(H,19,20). The number of hydrogen-bond donors (Lipinski definition) is 2. The molecule has 1 unspecified atom stereocenters. The van der Waals surface area contributed by atoms with E-state index in [-0.39, 0.29) is 18.4 Å². The number of aromatic nitrogens is 1. The number of ether oxygens (including phenoxy) is 1. The molecule has 1 saturated heterocycles. The SMILES string of the molecule is Cc1cc(Cl)cc2nc(NC(CC(N)=O)C3CCOCC3)oc12. The van der Waals surface area contributed by atoms with E-state index >= 15 is 0 Å². The van der Waals surface area contributed by atoms with Crippen LogP contribution in [-0.4, -0.2) is 30.1 Å². The third-order valence-electron chi connectivity index (χ3n) is 4.21. The van der Waals surface area contributed by atoms with Crippen LogP contribution in [0.1, 0.15) is 24.8 Å². The van der Waals surface area contributed by atoms with Crippen molar-refractivity contribution in [2.75, 3.05) is 18.5 Å². The molecule has 1 aromatic carbocycles. The highest BCUT2D eigenvalue weighted by atomic mass is 35.5. The van der Waals surface area contributed by atoms with Crippen LogP contribution >= 0.6 is 11.6 Å². The Morgan fingerprint density at radius 2 is 2.22 bits per heavy atom. The molecule has 2 heterocycles. The number of amides is 1. The number of benzene rings is 1. The molecule has 0 radical (unpaired) electrons. The van der Waals surface area contributed by atoms with Crippen LogP contribution in [0.3, 0.4) is 0 Å². The van der Waals surface area contributed by atoms with Gasteiger partial charge in [-0.05, 0) is 43.4 Å². The quantitative estimate of drug-likeness (QED) is 0.875. The Labute approximate surface area is 139 Å². The molecule has 1 aromatic heterocycles. The van der Waals surface area contributed by atoms with Crippen molar-refractivity contribution in [3.8, 4) is 0 Å². The molecule has 1 aliphatic rings. The lowest BCUT2D eigenvalue weighted by Gasteiger charge is -2.29. The molecule has 124 valence electrons. The van der Waals surface area contributed by atoms with Gasteiger partial charge in [0.15, 0.2) is 5.58 Å². The van der Waals surface area contributed by atoms with Gasteiger partial charge in [0, 0.05) is 30.7 Å². The lowest BCUT2D eigenvalue weighted by Crippen LogP contribution is -2.37. The van der Waals surface area contributed by atoms with E-state index in [1.807, 2.05) is 13.0 Å². The summed E-state index contributed by atoms with van der Waals surface area (Å²) in [5, 5.41) is 3.86.